The van der Waals surface area contributed by atoms with Crippen LogP contribution in [0.3, 0.4) is 0 Å². The van der Waals surface area contributed by atoms with Gasteiger partial charge in [-0.05, 0) is 30.7 Å². The molecule has 0 aliphatic rings. The zero-order valence-electron chi connectivity index (χ0n) is 10.7. The minimum absolute atomic E-state index is 0.107. The van der Waals surface area contributed by atoms with Gasteiger partial charge in [0.15, 0.2) is 0 Å². The van der Waals surface area contributed by atoms with Gasteiger partial charge in [0.05, 0.1) is 11.4 Å². The number of rotatable bonds is 5. The van der Waals surface area contributed by atoms with Crippen molar-refractivity contribution in [3.63, 3.8) is 0 Å². The molecule has 0 saturated carbocycles. The summed E-state index contributed by atoms with van der Waals surface area (Å²) >= 11 is 0. The molecule has 0 atom stereocenters. The largest absolute Gasteiger partial charge is 0.475 e. The summed E-state index contributed by atoms with van der Waals surface area (Å²) in [4.78, 5) is 10.8. The van der Waals surface area contributed by atoms with Crippen LogP contribution in [0.15, 0.2) is 45.7 Å². The summed E-state index contributed by atoms with van der Waals surface area (Å²) < 4.78 is 31.5. The number of carbonyl (C=O) groups is 1. The lowest BCUT2D eigenvalue weighted by molar-refractivity contribution is 0.0660. The molecule has 0 bridgehead atoms. The molecule has 2 N–H and O–H groups in total. The van der Waals surface area contributed by atoms with Crippen molar-refractivity contribution in [2.75, 3.05) is 0 Å². The first kappa shape index (κ1) is 14.3. The van der Waals surface area contributed by atoms with Gasteiger partial charge in [-0.2, -0.15) is 0 Å². The molecule has 1 aromatic heterocycles. The first-order chi connectivity index (χ1) is 9.40. The van der Waals surface area contributed by atoms with E-state index in [4.69, 9.17) is 9.52 Å². The van der Waals surface area contributed by atoms with Gasteiger partial charge < -0.3 is 9.52 Å². The molecule has 20 heavy (non-hydrogen) atoms. The molecule has 1 heterocycles. The molecule has 0 radical (unpaired) electrons. The third-order valence-electron chi connectivity index (χ3n) is 2.69. The highest BCUT2D eigenvalue weighted by Gasteiger charge is 2.17. The lowest BCUT2D eigenvalue weighted by Gasteiger charge is -2.07. The third kappa shape index (κ3) is 3.06. The molecule has 0 saturated heterocycles. The van der Waals surface area contributed by atoms with Crippen LogP contribution in [0.4, 0.5) is 0 Å². The number of aryl methyl sites for hydroxylation is 1. The second kappa shape index (κ2) is 5.48. The van der Waals surface area contributed by atoms with Gasteiger partial charge in [0.1, 0.15) is 5.76 Å². The van der Waals surface area contributed by atoms with Crippen LogP contribution in [0.1, 0.15) is 21.9 Å². The van der Waals surface area contributed by atoms with Crippen molar-refractivity contribution in [3.05, 3.63) is 53.5 Å². The molecule has 2 aromatic rings. The average molecular weight is 295 g/mol. The molecule has 0 spiro atoms. The number of carboxylic acids is 1. The Hall–Kier alpha value is -2.12. The van der Waals surface area contributed by atoms with Crippen molar-refractivity contribution in [1.29, 1.82) is 0 Å². The summed E-state index contributed by atoms with van der Waals surface area (Å²) in [6.07, 6.45) is 0. The molecule has 1 aromatic carbocycles. The zero-order chi connectivity index (χ0) is 14.8. The van der Waals surface area contributed by atoms with E-state index in [1.165, 1.54) is 18.2 Å². The standard InChI is InChI=1S/C13H13NO5S/c1-9-4-2-3-5-12(9)20(17,18)14-8-10-6-7-11(19-10)13(15)16/h2-7,14H,8H2,1H3,(H,15,16). The third-order valence-corrected chi connectivity index (χ3v) is 4.25. The molecule has 106 valence electrons. The van der Waals surface area contributed by atoms with Crippen LogP contribution >= 0.6 is 0 Å². The Bertz CT molecular complexity index is 733. The number of furan rings is 1. The smallest absolute Gasteiger partial charge is 0.371 e. The number of benzene rings is 1. The van der Waals surface area contributed by atoms with Gasteiger partial charge in [-0.1, -0.05) is 18.2 Å². The van der Waals surface area contributed by atoms with Crippen LogP contribution in [-0.2, 0) is 16.6 Å². The minimum Gasteiger partial charge on any atom is -0.475 e. The summed E-state index contributed by atoms with van der Waals surface area (Å²) in [7, 11) is -3.66. The maximum atomic E-state index is 12.1. The lowest BCUT2D eigenvalue weighted by Crippen LogP contribution is -2.23. The molecule has 0 aliphatic heterocycles. The van der Waals surface area contributed by atoms with Gasteiger partial charge in [-0.3, -0.25) is 0 Å². The van der Waals surface area contributed by atoms with Crippen molar-refractivity contribution >= 4 is 16.0 Å². The minimum atomic E-state index is -3.66. The molecule has 0 unspecified atom stereocenters. The van der Waals surface area contributed by atoms with Gasteiger partial charge >= 0.3 is 5.97 Å². The predicted octanol–water partition coefficient (Wildman–Crippen LogP) is 1.76. The van der Waals surface area contributed by atoms with Crippen LogP contribution < -0.4 is 4.72 Å². The van der Waals surface area contributed by atoms with E-state index < -0.39 is 16.0 Å². The number of sulfonamides is 1. The van der Waals surface area contributed by atoms with Crippen molar-refractivity contribution in [2.24, 2.45) is 0 Å². The first-order valence-corrected chi connectivity index (χ1v) is 7.26. The van der Waals surface area contributed by atoms with Crippen LogP contribution in [0.2, 0.25) is 0 Å². The Morgan fingerprint density at radius 3 is 2.55 bits per heavy atom. The zero-order valence-corrected chi connectivity index (χ0v) is 11.5. The summed E-state index contributed by atoms with van der Waals surface area (Å²) in [6, 6.07) is 9.28. The molecule has 0 fully saturated rings. The van der Waals surface area contributed by atoms with E-state index in [0.29, 0.717) is 5.56 Å². The highest BCUT2D eigenvalue weighted by Crippen LogP contribution is 2.15. The molecule has 2 rings (SSSR count). The number of hydrogen-bond donors (Lipinski definition) is 2. The fourth-order valence-corrected chi connectivity index (χ4v) is 2.93. The molecule has 7 heteroatoms. The number of nitrogens with one attached hydrogen (secondary N) is 1. The van der Waals surface area contributed by atoms with E-state index in [1.54, 1.807) is 25.1 Å². The maximum absolute atomic E-state index is 12.1. The Labute approximate surface area is 116 Å². The van der Waals surface area contributed by atoms with Crippen LogP contribution in [0.5, 0.6) is 0 Å². The van der Waals surface area contributed by atoms with Gasteiger partial charge in [0, 0.05) is 0 Å². The van der Waals surface area contributed by atoms with Crippen molar-refractivity contribution in [3.8, 4) is 0 Å². The average Bonchev–Trinajstić information content (AvgIpc) is 2.86. The summed E-state index contributed by atoms with van der Waals surface area (Å²) in [5, 5.41) is 8.71. The van der Waals surface area contributed by atoms with Gasteiger partial charge in [0.25, 0.3) is 0 Å². The normalized spacial score (nSPS) is 11.4. The Morgan fingerprint density at radius 2 is 1.95 bits per heavy atom. The van der Waals surface area contributed by atoms with E-state index in [9.17, 15) is 13.2 Å². The number of hydrogen-bond acceptors (Lipinski definition) is 4. The summed E-state index contributed by atoms with van der Waals surface area (Å²) in [6.45, 7) is 1.59. The van der Waals surface area contributed by atoms with Gasteiger partial charge in [-0.25, -0.2) is 17.9 Å². The van der Waals surface area contributed by atoms with Crippen molar-refractivity contribution in [1.82, 2.24) is 4.72 Å². The van der Waals surface area contributed by atoms with Gasteiger partial charge in [-0.15, -0.1) is 0 Å². The SMILES string of the molecule is Cc1ccccc1S(=O)(=O)NCc1ccc(C(=O)O)o1. The molecule has 6 nitrogen and oxygen atoms in total. The lowest BCUT2D eigenvalue weighted by atomic mass is 10.2. The fraction of sp³-hybridized carbons (Fsp3) is 0.154. The Kier molecular flexibility index (Phi) is 3.91. The van der Waals surface area contributed by atoms with E-state index in [-0.39, 0.29) is 23.0 Å². The first-order valence-electron chi connectivity index (χ1n) is 5.77. The number of carboxylic acid groups (broad SMARTS) is 1. The van der Waals surface area contributed by atoms with E-state index >= 15 is 0 Å². The van der Waals surface area contributed by atoms with Crippen LogP contribution in [-0.4, -0.2) is 19.5 Å². The maximum Gasteiger partial charge on any atom is 0.371 e. The van der Waals surface area contributed by atoms with Crippen LogP contribution in [0, 0.1) is 6.92 Å². The van der Waals surface area contributed by atoms with E-state index in [1.807, 2.05) is 0 Å². The topological polar surface area (TPSA) is 96.6 Å². The summed E-state index contributed by atoms with van der Waals surface area (Å²) in [5.74, 6) is -1.19. The molecule has 0 amide bonds. The molecular weight excluding hydrogens is 282 g/mol. The fourth-order valence-electron chi connectivity index (χ4n) is 1.69. The predicted molar refractivity (Wildman–Crippen MR) is 70.9 cm³/mol. The molecule has 0 aliphatic carbocycles. The van der Waals surface area contributed by atoms with Crippen molar-refractivity contribution < 1.29 is 22.7 Å². The second-order valence-corrected chi connectivity index (χ2v) is 5.90. The van der Waals surface area contributed by atoms with E-state index in [2.05, 4.69) is 4.72 Å². The quantitative estimate of drug-likeness (QED) is 0.876. The highest BCUT2D eigenvalue weighted by atomic mass is 32.2. The monoisotopic (exact) mass is 295 g/mol. The van der Waals surface area contributed by atoms with Crippen LogP contribution in [0.25, 0.3) is 0 Å². The molecular formula is C13H13NO5S. The van der Waals surface area contributed by atoms with Gasteiger partial charge in [0.2, 0.25) is 15.8 Å². The highest BCUT2D eigenvalue weighted by molar-refractivity contribution is 7.89. The Balaban J connectivity index is 2.13. The number of aromatic carboxylic acids is 1. The second-order valence-electron chi connectivity index (χ2n) is 4.16. The van der Waals surface area contributed by atoms with E-state index in [0.717, 1.165) is 0 Å². The Morgan fingerprint density at radius 1 is 1.25 bits per heavy atom. The summed E-state index contributed by atoms with van der Waals surface area (Å²) in [5.41, 5.74) is 0.630. The van der Waals surface area contributed by atoms with Crippen molar-refractivity contribution in [2.45, 2.75) is 18.4 Å².